The van der Waals surface area contributed by atoms with Gasteiger partial charge in [-0.1, -0.05) is 36.4 Å². The lowest BCUT2D eigenvalue weighted by atomic mass is 9.96. The van der Waals surface area contributed by atoms with Crippen LogP contribution in [-0.2, 0) is 16.0 Å². The largest absolute Gasteiger partial charge is 0.457 e. The molecule has 2 atom stereocenters. The van der Waals surface area contributed by atoms with Gasteiger partial charge in [0, 0.05) is 25.1 Å². The van der Waals surface area contributed by atoms with Gasteiger partial charge in [0.05, 0.1) is 4.88 Å². The first-order valence-electron chi connectivity index (χ1n) is 13.2. The molecule has 5 rings (SSSR count). The maximum absolute atomic E-state index is 13.4. The van der Waals surface area contributed by atoms with E-state index >= 15 is 0 Å². The number of carbonyl (C=O) groups is 3. The average Bonchev–Trinajstić information content (AvgIpc) is 3.66. The predicted octanol–water partition coefficient (Wildman–Crippen LogP) is 6.74. The Morgan fingerprint density at radius 3 is 2.25 bits per heavy atom. The molecule has 4 aromatic rings. The third-order valence-electron chi connectivity index (χ3n) is 6.91. The first kappa shape index (κ1) is 27.3. The minimum absolute atomic E-state index is 0.0627. The van der Waals surface area contributed by atoms with Gasteiger partial charge in [0.1, 0.15) is 23.4 Å². The first-order valence-corrected chi connectivity index (χ1v) is 14.1. The molecule has 40 heavy (non-hydrogen) atoms. The normalized spacial score (nSPS) is 16.5. The van der Waals surface area contributed by atoms with Gasteiger partial charge in [0.15, 0.2) is 5.78 Å². The number of nitrogens with one attached hydrogen (secondary N) is 1. The summed E-state index contributed by atoms with van der Waals surface area (Å²) >= 11 is 1.36. The highest BCUT2D eigenvalue weighted by Crippen LogP contribution is 2.29. The molecule has 1 N–H and O–H groups in total. The highest BCUT2D eigenvalue weighted by molar-refractivity contribution is 7.12. The number of hydrogen-bond donors (Lipinski definition) is 1. The van der Waals surface area contributed by atoms with Gasteiger partial charge in [-0.05, 0) is 84.3 Å². The summed E-state index contributed by atoms with van der Waals surface area (Å²) in [5.41, 5.74) is 1.73. The minimum Gasteiger partial charge on any atom is -0.457 e. The number of rotatable bonds is 10. The van der Waals surface area contributed by atoms with Gasteiger partial charge >= 0.3 is 0 Å². The van der Waals surface area contributed by atoms with Crippen molar-refractivity contribution < 1.29 is 23.5 Å². The molecular formula is C32H29FN2O4S. The summed E-state index contributed by atoms with van der Waals surface area (Å²) in [4.78, 5) is 41.5. The monoisotopic (exact) mass is 556 g/mol. The van der Waals surface area contributed by atoms with E-state index in [9.17, 15) is 18.8 Å². The number of Topliss-reactive ketones (excluding diaryl/α,β-unsaturated/α-hetero) is 1. The molecule has 2 amide bonds. The molecule has 1 aliphatic rings. The van der Waals surface area contributed by atoms with Crippen molar-refractivity contribution >= 4 is 34.6 Å². The third kappa shape index (κ3) is 7.01. The predicted molar refractivity (Wildman–Crippen MR) is 153 cm³/mol. The number of amides is 2. The second kappa shape index (κ2) is 12.7. The van der Waals surface area contributed by atoms with Crippen molar-refractivity contribution in [2.24, 2.45) is 5.92 Å². The van der Waals surface area contributed by atoms with E-state index in [0.29, 0.717) is 35.0 Å². The van der Waals surface area contributed by atoms with Crippen molar-refractivity contribution in [3.63, 3.8) is 0 Å². The number of anilines is 1. The van der Waals surface area contributed by atoms with Crippen LogP contribution < -0.4 is 10.1 Å². The van der Waals surface area contributed by atoms with Gasteiger partial charge in [-0.25, -0.2) is 4.39 Å². The third-order valence-corrected chi connectivity index (χ3v) is 7.82. The summed E-state index contributed by atoms with van der Waals surface area (Å²) in [6.45, 7) is 0.462. The lowest BCUT2D eigenvalue weighted by Gasteiger charge is -2.24. The molecule has 204 valence electrons. The van der Waals surface area contributed by atoms with E-state index in [1.165, 1.54) is 35.6 Å². The Balaban J connectivity index is 1.24. The van der Waals surface area contributed by atoms with Crippen molar-refractivity contribution in [2.75, 3.05) is 11.9 Å². The molecule has 3 aromatic carbocycles. The van der Waals surface area contributed by atoms with E-state index < -0.39 is 6.04 Å². The molecule has 1 aromatic heterocycles. The second-order valence-corrected chi connectivity index (χ2v) is 10.8. The number of hydrogen-bond acceptors (Lipinski definition) is 5. The maximum Gasteiger partial charge on any atom is 0.247 e. The molecule has 6 nitrogen and oxygen atoms in total. The summed E-state index contributed by atoms with van der Waals surface area (Å²) in [6, 6.07) is 25.6. The molecule has 8 heteroatoms. The fourth-order valence-corrected chi connectivity index (χ4v) is 5.63. The molecule has 1 fully saturated rings. The van der Waals surface area contributed by atoms with Crippen LogP contribution in [0.15, 0.2) is 96.4 Å². The van der Waals surface area contributed by atoms with Crippen LogP contribution in [0.5, 0.6) is 11.5 Å². The Kier molecular flexibility index (Phi) is 8.66. The summed E-state index contributed by atoms with van der Waals surface area (Å²) in [5, 5.41) is 4.77. The zero-order chi connectivity index (χ0) is 27.9. The number of halogens is 1. The van der Waals surface area contributed by atoms with Crippen LogP contribution in [0.25, 0.3) is 0 Å². The molecule has 0 spiro atoms. The van der Waals surface area contributed by atoms with Gasteiger partial charge in [-0.15, -0.1) is 11.3 Å². The fourth-order valence-electron chi connectivity index (χ4n) is 4.94. The Labute approximate surface area is 236 Å². The van der Waals surface area contributed by atoms with Crippen molar-refractivity contribution in [1.29, 1.82) is 0 Å². The van der Waals surface area contributed by atoms with Crippen molar-refractivity contribution in [1.82, 2.24) is 4.90 Å². The van der Waals surface area contributed by atoms with Crippen LogP contribution >= 0.6 is 11.3 Å². The van der Waals surface area contributed by atoms with E-state index in [2.05, 4.69) is 17.4 Å². The SMILES string of the molecule is O=C(CCC(=O)N1CC(Cc2ccccc2)C[C@H]1C(=O)Nc1ccc(Oc2ccc(F)cc2)cc1)c1cccs1. The number of benzene rings is 3. The first-order chi connectivity index (χ1) is 19.4. The molecule has 2 heterocycles. The van der Waals surface area contributed by atoms with Crippen LogP contribution in [0.3, 0.4) is 0 Å². The smallest absolute Gasteiger partial charge is 0.247 e. The van der Waals surface area contributed by atoms with E-state index in [1.54, 1.807) is 35.2 Å². The fraction of sp³-hybridized carbons (Fsp3) is 0.219. The van der Waals surface area contributed by atoms with E-state index in [1.807, 2.05) is 29.6 Å². The Hall–Kier alpha value is -4.30. The van der Waals surface area contributed by atoms with E-state index in [0.717, 1.165) is 12.0 Å². The molecule has 1 saturated heterocycles. The molecular weight excluding hydrogens is 527 g/mol. The summed E-state index contributed by atoms with van der Waals surface area (Å²) in [5.74, 6) is 0.309. The van der Waals surface area contributed by atoms with E-state index in [-0.39, 0.29) is 42.2 Å². The standard InChI is InChI=1S/C32H29FN2O4S/c33-24-8-12-26(13-9-24)39-27-14-10-25(11-15-27)34-32(38)28-20-23(19-22-5-2-1-3-6-22)21-35(28)31(37)17-16-29(36)30-7-4-18-40-30/h1-15,18,23,28H,16-17,19-21H2,(H,34,38)/t23?,28-/m0/s1. The average molecular weight is 557 g/mol. The molecule has 0 radical (unpaired) electrons. The number of nitrogens with zero attached hydrogens (tertiary/aromatic N) is 1. The molecule has 0 bridgehead atoms. The van der Waals surface area contributed by atoms with Crippen LogP contribution in [0.1, 0.15) is 34.5 Å². The number of thiophene rings is 1. The van der Waals surface area contributed by atoms with Crippen molar-refractivity contribution in [2.45, 2.75) is 31.7 Å². The van der Waals surface area contributed by atoms with Crippen LogP contribution in [-0.4, -0.2) is 35.1 Å². The van der Waals surface area contributed by atoms with Gasteiger partial charge < -0.3 is 15.0 Å². The summed E-state index contributed by atoms with van der Waals surface area (Å²) in [6.07, 6.45) is 1.48. The Morgan fingerprint density at radius 2 is 1.57 bits per heavy atom. The number of carbonyl (C=O) groups excluding carboxylic acids is 3. The maximum atomic E-state index is 13.4. The highest BCUT2D eigenvalue weighted by atomic mass is 32.1. The Morgan fingerprint density at radius 1 is 0.875 bits per heavy atom. The lowest BCUT2D eigenvalue weighted by molar-refractivity contribution is -0.136. The van der Waals surface area contributed by atoms with Crippen molar-refractivity contribution in [3.05, 3.63) is 113 Å². The van der Waals surface area contributed by atoms with Crippen LogP contribution in [0.2, 0.25) is 0 Å². The lowest BCUT2D eigenvalue weighted by Crippen LogP contribution is -2.43. The number of ketones is 1. The highest BCUT2D eigenvalue weighted by Gasteiger charge is 2.39. The zero-order valence-corrected chi connectivity index (χ0v) is 22.6. The zero-order valence-electron chi connectivity index (χ0n) is 21.8. The molecule has 0 saturated carbocycles. The number of ether oxygens (including phenoxy) is 1. The van der Waals surface area contributed by atoms with Crippen LogP contribution in [0.4, 0.5) is 10.1 Å². The number of likely N-dealkylation sites (tertiary alicyclic amines) is 1. The molecule has 0 aliphatic carbocycles. The second-order valence-electron chi connectivity index (χ2n) is 9.82. The van der Waals surface area contributed by atoms with Gasteiger partial charge in [0.2, 0.25) is 11.8 Å². The Bertz CT molecular complexity index is 1440. The quantitative estimate of drug-likeness (QED) is 0.220. The minimum atomic E-state index is -0.631. The molecule has 1 unspecified atom stereocenters. The summed E-state index contributed by atoms with van der Waals surface area (Å²) < 4.78 is 18.9. The van der Waals surface area contributed by atoms with Gasteiger partial charge in [0.25, 0.3) is 0 Å². The topological polar surface area (TPSA) is 75.7 Å². The van der Waals surface area contributed by atoms with Gasteiger partial charge in [-0.3, -0.25) is 14.4 Å². The van der Waals surface area contributed by atoms with Crippen molar-refractivity contribution in [3.8, 4) is 11.5 Å². The van der Waals surface area contributed by atoms with E-state index in [4.69, 9.17) is 4.74 Å². The van der Waals surface area contributed by atoms with Gasteiger partial charge in [-0.2, -0.15) is 0 Å². The summed E-state index contributed by atoms with van der Waals surface area (Å²) in [7, 11) is 0. The van der Waals surface area contributed by atoms with Crippen LogP contribution in [0, 0.1) is 11.7 Å². The molecule has 1 aliphatic heterocycles.